The molecule has 1 N–H and O–H groups in total. The molecule has 2 aromatic carbocycles. The minimum Gasteiger partial charge on any atom is -0.497 e. The van der Waals surface area contributed by atoms with Crippen LogP contribution in [0.4, 0.5) is 5.69 Å². The van der Waals surface area contributed by atoms with Crippen LogP contribution in [0.2, 0.25) is 0 Å². The van der Waals surface area contributed by atoms with Gasteiger partial charge in [0.05, 0.1) is 18.5 Å². The summed E-state index contributed by atoms with van der Waals surface area (Å²) in [4.78, 5) is 38.1. The van der Waals surface area contributed by atoms with Gasteiger partial charge in [0, 0.05) is 24.7 Å². The summed E-state index contributed by atoms with van der Waals surface area (Å²) in [5, 5.41) is 14.2. The summed E-state index contributed by atoms with van der Waals surface area (Å²) in [7, 11) is 1.57. The highest BCUT2D eigenvalue weighted by atomic mass is 16.6. The maximum absolute atomic E-state index is 13.2. The Morgan fingerprint density at radius 3 is 2.32 bits per heavy atom. The molecule has 0 heterocycles. The Morgan fingerprint density at radius 2 is 1.74 bits per heavy atom. The monoisotopic (exact) mass is 427 g/mol. The average Bonchev–Trinajstić information content (AvgIpc) is 2.75. The molecule has 166 valence electrons. The minimum atomic E-state index is -0.740. The van der Waals surface area contributed by atoms with Crippen molar-refractivity contribution in [2.75, 3.05) is 13.7 Å². The Labute approximate surface area is 182 Å². The highest BCUT2D eigenvalue weighted by Crippen LogP contribution is 2.21. The molecule has 0 bridgehead atoms. The molecule has 2 amide bonds. The highest BCUT2D eigenvalue weighted by molar-refractivity contribution is 5.88. The Balaban J connectivity index is 2.27. The number of nitrogens with zero attached hydrogens (tertiary/aromatic N) is 2. The number of carbonyl (C=O) groups excluding carboxylic acids is 2. The van der Waals surface area contributed by atoms with Crippen LogP contribution in [0.25, 0.3) is 0 Å². The molecule has 8 heteroatoms. The van der Waals surface area contributed by atoms with Crippen molar-refractivity contribution in [3.05, 3.63) is 69.8 Å². The smallest absolute Gasteiger partial charge is 0.273 e. The molecule has 0 aliphatic carbocycles. The number of nitro groups is 1. The predicted molar refractivity (Wildman–Crippen MR) is 118 cm³/mol. The lowest BCUT2D eigenvalue weighted by atomic mass is 10.1. The van der Waals surface area contributed by atoms with Crippen molar-refractivity contribution in [1.29, 1.82) is 0 Å². The maximum Gasteiger partial charge on any atom is 0.273 e. The molecular formula is C23H29N3O5. The van der Waals surface area contributed by atoms with E-state index in [0.29, 0.717) is 17.9 Å². The van der Waals surface area contributed by atoms with E-state index in [9.17, 15) is 19.7 Å². The van der Waals surface area contributed by atoms with Crippen molar-refractivity contribution in [3.63, 3.8) is 0 Å². The van der Waals surface area contributed by atoms with E-state index in [0.717, 1.165) is 5.56 Å². The quantitative estimate of drug-likeness (QED) is 0.463. The van der Waals surface area contributed by atoms with Gasteiger partial charge in [0.2, 0.25) is 11.8 Å². The van der Waals surface area contributed by atoms with E-state index in [1.54, 1.807) is 44.4 Å². The zero-order chi connectivity index (χ0) is 23.0. The minimum absolute atomic E-state index is 0.114. The maximum atomic E-state index is 13.2. The number of ether oxygens (including phenoxy) is 1. The number of hydrogen-bond acceptors (Lipinski definition) is 5. The van der Waals surface area contributed by atoms with Crippen molar-refractivity contribution >= 4 is 17.5 Å². The third-order valence-corrected chi connectivity index (χ3v) is 4.89. The summed E-state index contributed by atoms with van der Waals surface area (Å²) in [5.41, 5.74) is 1.02. The first-order chi connectivity index (χ1) is 14.7. The normalized spacial score (nSPS) is 11.6. The molecule has 0 aromatic heterocycles. The van der Waals surface area contributed by atoms with Gasteiger partial charge in [0.25, 0.3) is 5.69 Å². The Bertz CT molecular complexity index is 912. The molecule has 0 unspecified atom stereocenters. The van der Waals surface area contributed by atoms with Gasteiger partial charge in [-0.15, -0.1) is 0 Å². The summed E-state index contributed by atoms with van der Waals surface area (Å²) in [6.45, 7) is 6.33. The van der Waals surface area contributed by atoms with Crippen molar-refractivity contribution in [3.8, 4) is 5.75 Å². The number of benzene rings is 2. The first-order valence-corrected chi connectivity index (χ1v) is 10.1. The van der Waals surface area contributed by atoms with Gasteiger partial charge in [0.1, 0.15) is 11.8 Å². The van der Waals surface area contributed by atoms with Crippen LogP contribution in [-0.4, -0.2) is 41.3 Å². The number of nitrogens with one attached hydrogen (secondary N) is 1. The van der Waals surface area contributed by atoms with Gasteiger partial charge in [-0.05, 0) is 30.5 Å². The molecule has 0 aliphatic rings. The van der Waals surface area contributed by atoms with Crippen LogP contribution < -0.4 is 10.1 Å². The molecular weight excluding hydrogens is 398 g/mol. The van der Waals surface area contributed by atoms with Gasteiger partial charge in [-0.2, -0.15) is 0 Å². The second-order valence-corrected chi connectivity index (χ2v) is 7.75. The molecule has 2 rings (SSSR count). The van der Waals surface area contributed by atoms with Crippen molar-refractivity contribution in [2.24, 2.45) is 5.92 Å². The lowest BCUT2D eigenvalue weighted by molar-refractivity contribution is -0.385. The molecule has 0 aliphatic heterocycles. The highest BCUT2D eigenvalue weighted by Gasteiger charge is 2.28. The van der Waals surface area contributed by atoms with Gasteiger partial charge in [-0.3, -0.25) is 19.7 Å². The largest absolute Gasteiger partial charge is 0.497 e. The molecule has 0 saturated carbocycles. The van der Waals surface area contributed by atoms with Crippen LogP contribution in [0.3, 0.4) is 0 Å². The molecule has 0 saturated heterocycles. The fourth-order valence-electron chi connectivity index (χ4n) is 3.07. The van der Waals surface area contributed by atoms with Gasteiger partial charge in [0.15, 0.2) is 0 Å². The van der Waals surface area contributed by atoms with E-state index < -0.39 is 11.0 Å². The van der Waals surface area contributed by atoms with Crippen molar-refractivity contribution < 1.29 is 19.2 Å². The van der Waals surface area contributed by atoms with Crippen molar-refractivity contribution in [1.82, 2.24) is 10.2 Å². The molecule has 31 heavy (non-hydrogen) atoms. The van der Waals surface area contributed by atoms with E-state index in [1.807, 2.05) is 26.0 Å². The van der Waals surface area contributed by atoms with Crippen LogP contribution >= 0.6 is 0 Å². The molecule has 1 atom stereocenters. The molecule has 8 nitrogen and oxygen atoms in total. The summed E-state index contributed by atoms with van der Waals surface area (Å²) in [6, 6.07) is 12.6. The molecule has 0 fully saturated rings. The van der Waals surface area contributed by atoms with Crippen LogP contribution in [0, 0.1) is 16.0 Å². The SMILES string of the molecule is COc1ccc(CN(C(=O)Cc2ccccc2[N+](=O)[O-])[C@H](C)C(=O)NCC(C)C)cc1. The van der Waals surface area contributed by atoms with Gasteiger partial charge < -0.3 is 15.0 Å². The number of nitro benzene ring substituents is 1. The number of para-hydroxylation sites is 1. The number of hydrogen-bond donors (Lipinski definition) is 1. The third kappa shape index (κ3) is 6.80. The van der Waals surface area contributed by atoms with Gasteiger partial charge >= 0.3 is 0 Å². The Kier molecular flexibility index (Phi) is 8.54. The summed E-state index contributed by atoms with van der Waals surface area (Å²) >= 11 is 0. The van der Waals surface area contributed by atoms with Crippen LogP contribution in [0.1, 0.15) is 31.9 Å². The third-order valence-electron chi connectivity index (χ3n) is 4.89. The molecule has 0 radical (unpaired) electrons. The lowest BCUT2D eigenvalue weighted by Crippen LogP contribution is -2.48. The molecule has 0 spiro atoms. The summed E-state index contributed by atoms with van der Waals surface area (Å²) < 4.78 is 5.17. The second kappa shape index (κ2) is 11.1. The zero-order valence-corrected chi connectivity index (χ0v) is 18.3. The number of amides is 2. The first-order valence-electron chi connectivity index (χ1n) is 10.1. The topological polar surface area (TPSA) is 102 Å². The fraction of sp³-hybridized carbons (Fsp3) is 0.391. The van der Waals surface area contributed by atoms with E-state index in [1.165, 1.54) is 11.0 Å². The van der Waals surface area contributed by atoms with E-state index in [-0.39, 0.29) is 36.4 Å². The van der Waals surface area contributed by atoms with Crippen LogP contribution in [-0.2, 0) is 22.6 Å². The van der Waals surface area contributed by atoms with E-state index >= 15 is 0 Å². The Hall–Kier alpha value is -3.42. The number of carbonyl (C=O) groups is 2. The van der Waals surface area contributed by atoms with E-state index in [4.69, 9.17) is 4.74 Å². The standard InChI is InChI=1S/C23H29N3O5/c1-16(2)14-24-23(28)17(3)25(15-18-9-11-20(31-4)12-10-18)22(27)13-19-7-5-6-8-21(19)26(29)30/h5-12,16-17H,13-15H2,1-4H3,(H,24,28)/t17-/m1/s1. The molecule has 2 aromatic rings. The summed E-state index contributed by atoms with van der Waals surface area (Å²) in [5.74, 6) is 0.327. The fourth-order valence-corrected chi connectivity index (χ4v) is 3.07. The van der Waals surface area contributed by atoms with Crippen molar-refractivity contribution in [2.45, 2.75) is 39.8 Å². The number of methoxy groups -OCH3 is 1. The predicted octanol–water partition coefficient (Wildman–Crippen LogP) is 3.34. The van der Waals surface area contributed by atoms with Crippen LogP contribution in [0.5, 0.6) is 5.75 Å². The van der Waals surface area contributed by atoms with E-state index in [2.05, 4.69) is 5.32 Å². The van der Waals surface area contributed by atoms with Gasteiger partial charge in [-0.25, -0.2) is 0 Å². The Morgan fingerprint density at radius 1 is 1.10 bits per heavy atom. The summed E-state index contributed by atoms with van der Waals surface area (Å²) in [6.07, 6.45) is -0.172. The van der Waals surface area contributed by atoms with Crippen LogP contribution in [0.15, 0.2) is 48.5 Å². The second-order valence-electron chi connectivity index (χ2n) is 7.75. The lowest BCUT2D eigenvalue weighted by Gasteiger charge is -2.29. The number of rotatable bonds is 10. The average molecular weight is 428 g/mol. The van der Waals surface area contributed by atoms with Gasteiger partial charge in [-0.1, -0.05) is 44.2 Å². The zero-order valence-electron chi connectivity index (χ0n) is 18.3. The first kappa shape index (κ1) is 23.9.